The van der Waals surface area contributed by atoms with Gasteiger partial charge < -0.3 is 20.1 Å². The third-order valence-electron chi connectivity index (χ3n) is 2.21. The molecule has 2 N–H and O–H groups in total. The Labute approximate surface area is 111 Å². The van der Waals surface area contributed by atoms with Gasteiger partial charge in [-0.2, -0.15) is 0 Å². The summed E-state index contributed by atoms with van der Waals surface area (Å²) in [4.78, 5) is 11.5. The molecule has 0 spiro atoms. The zero-order chi connectivity index (χ0) is 13.4. The second kappa shape index (κ2) is 7.66. The lowest BCUT2D eigenvalue weighted by atomic mass is 10.3. The minimum Gasteiger partial charge on any atom is -0.497 e. The first kappa shape index (κ1) is 14.4. The summed E-state index contributed by atoms with van der Waals surface area (Å²) < 4.78 is 10.2. The number of rotatable bonds is 6. The van der Waals surface area contributed by atoms with Crippen molar-refractivity contribution >= 4 is 23.3 Å². The van der Waals surface area contributed by atoms with Gasteiger partial charge in [0.25, 0.3) is 0 Å². The van der Waals surface area contributed by atoms with E-state index in [1.807, 2.05) is 0 Å². The second-order valence-electron chi connectivity index (χ2n) is 3.52. The molecular formula is C12H17ClN2O3. The molecule has 6 heteroatoms. The monoisotopic (exact) mass is 272 g/mol. The molecule has 0 unspecified atom stereocenters. The number of ether oxygens (including phenoxy) is 2. The van der Waals surface area contributed by atoms with Crippen LogP contribution >= 0.6 is 11.6 Å². The fraction of sp³-hybridized carbons (Fsp3) is 0.417. The molecule has 0 saturated carbocycles. The summed E-state index contributed by atoms with van der Waals surface area (Å²) in [5.74, 6) is 1.75. The lowest BCUT2D eigenvalue weighted by Crippen LogP contribution is -2.29. The van der Waals surface area contributed by atoms with Crippen LogP contribution in [0, 0.1) is 0 Å². The number of anilines is 1. The topological polar surface area (TPSA) is 59.6 Å². The Bertz CT molecular complexity index is 377. The van der Waals surface area contributed by atoms with Crippen LogP contribution in [0.4, 0.5) is 10.5 Å². The van der Waals surface area contributed by atoms with E-state index >= 15 is 0 Å². The van der Waals surface area contributed by atoms with Crippen LogP contribution in [0.1, 0.15) is 6.42 Å². The van der Waals surface area contributed by atoms with Crippen molar-refractivity contribution in [3.8, 4) is 11.5 Å². The highest BCUT2D eigenvalue weighted by Crippen LogP contribution is 2.25. The van der Waals surface area contributed by atoms with Gasteiger partial charge in [0.05, 0.1) is 14.2 Å². The zero-order valence-electron chi connectivity index (χ0n) is 10.5. The summed E-state index contributed by atoms with van der Waals surface area (Å²) in [6, 6.07) is 4.87. The van der Waals surface area contributed by atoms with Crippen molar-refractivity contribution in [2.45, 2.75) is 6.42 Å². The van der Waals surface area contributed by atoms with E-state index in [1.54, 1.807) is 32.4 Å². The fourth-order valence-electron chi connectivity index (χ4n) is 1.32. The molecule has 0 saturated heterocycles. The number of halogens is 1. The van der Waals surface area contributed by atoms with Gasteiger partial charge in [0.15, 0.2) is 0 Å². The van der Waals surface area contributed by atoms with Crippen LogP contribution in [0.5, 0.6) is 11.5 Å². The molecule has 2 amide bonds. The van der Waals surface area contributed by atoms with Crippen molar-refractivity contribution in [2.75, 3.05) is 32.0 Å². The largest absolute Gasteiger partial charge is 0.497 e. The Balaban J connectivity index is 2.62. The molecule has 1 rings (SSSR count). The Kier molecular flexibility index (Phi) is 6.14. The van der Waals surface area contributed by atoms with Crippen LogP contribution < -0.4 is 20.1 Å². The second-order valence-corrected chi connectivity index (χ2v) is 3.90. The average Bonchev–Trinajstić information content (AvgIpc) is 2.38. The third kappa shape index (κ3) is 4.71. The van der Waals surface area contributed by atoms with Gasteiger partial charge >= 0.3 is 6.03 Å². The van der Waals surface area contributed by atoms with Gasteiger partial charge in [-0.05, 0) is 6.42 Å². The number of amides is 2. The molecule has 1 aromatic carbocycles. The molecule has 0 aromatic heterocycles. The lowest BCUT2D eigenvalue weighted by Gasteiger charge is -2.10. The van der Waals surface area contributed by atoms with Gasteiger partial charge in [0.1, 0.15) is 11.5 Å². The SMILES string of the molecule is COc1cc(NC(=O)NCCCCl)cc(OC)c1. The Hall–Kier alpha value is -1.62. The van der Waals surface area contributed by atoms with Crippen LogP contribution in [-0.2, 0) is 0 Å². The Morgan fingerprint density at radius 1 is 1.22 bits per heavy atom. The van der Waals surface area contributed by atoms with Gasteiger partial charge in [-0.25, -0.2) is 4.79 Å². The van der Waals surface area contributed by atoms with E-state index in [9.17, 15) is 4.79 Å². The maximum atomic E-state index is 11.5. The molecule has 0 aliphatic heterocycles. The summed E-state index contributed by atoms with van der Waals surface area (Å²) in [6.45, 7) is 0.538. The minimum atomic E-state index is -0.282. The van der Waals surface area contributed by atoms with E-state index in [2.05, 4.69) is 10.6 Å². The van der Waals surface area contributed by atoms with E-state index in [4.69, 9.17) is 21.1 Å². The predicted octanol–water partition coefficient (Wildman–Crippen LogP) is 2.45. The number of benzene rings is 1. The van der Waals surface area contributed by atoms with Crippen LogP contribution in [0.3, 0.4) is 0 Å². The summed E-state index contributed by atoms with van der Waals surface area (Å²) in [7, 11) is 3.11. The molecular weight excluding hydrogens is 256 g/mol. The number of hydrogen-bond acceptors (Lipinski definition) is 3. The maximum Gasteiger partial charge on any atom is 0.319 e. The van der Waals surface area contributed by atoms with Gasteiger partial charge in [-0.15, -0.1) is 11.6 Å². The quantitative estimate of drug-likeness (QED) is 0.618. The first-order valence-electron chi connectivity index (χ1n) is 5.53. The minimum absolute atomic E-state index is 0.282. The molecule has 5 nitrogen and oxygen atoms in total. The number of alkyl halides is 1. The summed E-state index contributed by atoms with van der Waals surface area (Å²) in [5, 5.41) is 5.39. The Morgan fingerprint density at radius 3 is 2.33 bits per heavy atom. The molecule has 0 radical (unpaired) electrons. The lowest BCUT2D eigenvalue weighted by molar-refractivity contribution is 0.252. The summed E-state index contributed by atoms with van der Waals surface area (Å²) in [5.41, 5.74) is 0.606. The number of nitrogens with one attached hydrogen (secondary N) is 2. The summed E-state index contributed by atoms with van der Waals surface area (Å²) >= 11 is 5.52. The Morgan fingerprint density at radius 2 is 1.83 bits per heavy atom. The highest BCUT2D eigenvalue weighted by atomic mass is 35.5. The molecule has 0 aliphatic carbocycles. The van der Waals surface area contributed by atoms with Crippen LogP contribution in [0.25, 0.3) is 0 Å². The highest BCUT2D eigenvalue weighted by molar-refractivity contribution is 6.17. The molecule has 0 bridgehead atoms. The summed E-state index contributed by atoms with van der Waals surface area (Å²) in [6.07, 6.45) is 0.733. The molecule has 18 heavy (non-hydrogen) atoms. The van der Waals surface area contributed by atoms with Gasteiger partial charge in [0, 0.05) is 36.3 Å². The van der Waals surface area contributed by atoms with Crippen molar-refractivity contribution in [1.82, 2.24) is 5.32 Å². The average molecular weight is 273 g/mol. The first-order valence-corrected chi connectivity index (χ1v) is 6.07. The molecule has 0 fully saturated rings. The number of urea groups is 1. The van der Waals surface area contributed by atoms with Crippen LogP contribution in [0.15, 0.2) is 18.2 Å². The van der Waals surface area contributed by atoms with E-state index in [0.29, 0.717) is 29.6 Å². The van der Waals surface area contributed by atoms with Crippen molar-refractivity contribution in [2.24, 2.45) is 0 Å². The molecule has 0 atom stereocenters. The fourth-order valence-corrected chi connectivity index (χ4v) is 1.46. The number of carbonyl (C=O) groups excluding carboxylic acids is 1. The normalized spacial score (nSPS) is 9.72. The van der Waals surface area contributed by atoms with E-state index in [1.165, 1.54) is 0 Å². The van der Waals surface area contributed by atoms with Crippen LogP contribution in [0.2, 0.25) is 0 Å². The number of carbonyl (C=O) groups is 1. The number of hydrogen-bond donors (Lipinski definition) is 2. The molecule has 1 aromatic rings. The smallest absolute Gasteiger partial charge is 0.319 e. The zero-order valence-corrected chi connectivity index (χ0v) is 11.2. The third-order valence-corrected chi connectivity index (χ3v) is 2.47. The van der Waals surface area contributed by atoms with Crippen molar-refractivity contribution in [3.05, 3.63) is 18.2 Å². The standard InChI is InChI=1S/C12H17ClN2O3/c1-17-10-6-9(7-11(8-10)18-2)15-12(16)14-5-3-4-13/h6-8H,3-5H2,1-2H3,(H2,14,15,16). The number of methoxy groups -OCH3 is 2. The van der Waals surface area contributed by atoms with Crippen molar-refractivity contribution < 1.29 is 14.3 Å². The predicted molar refractivity (Wildman–Crippen MR) is 71.9 cm³/mol. The van der Waals surface area contributed by atoms with Crippen LogP contribution in [-0.4, -0.2) is 32.7 Å². The van der Waals surface area contributed by atoms with E-state index in [-0.39, 0.29) is 6.03 Å². The van der Waals surface area contributed by atoms with E-state index in [0.717, 1.165) is 6.42 Å². The van der Waals surface area contributed by atoms with E-state index < -0.39 is 0 Å². The highest BCUT2D eigenvalue weighted by Gasteiger charge is 2.05. The first-order chi connectivity index (χ1) is 8.69. The molecule has 0 aliphatic rings. The maximum absolute atomic E-state index is 11.5. The van der Waals surface area contributed by atoms with Gasteiger partial charge in [-0.3, -0.25) is 0 Å². The molecule has 100 valence electrons. The van der Waals surface area contributed by atoms with Gasteiger partial charge in [0.2, 0.25) is 0 Å². The van der Waals surface area contributed by atoms with Gasteiger partial charge in [-0.1, -0.05) is 0 Å². The molecule has 0 heterocycles. The van der Waals surface area contributed by atoms with Crippen molar-refractivity contribution in [3.63, 3.8) is 0 Å². The van der Waals surface area contributed by atoms with Crippen molar-refractivity contribution in [1.29, 1.82) is 0 Å².